The van der Waals surface area contributed by atoms with Gasteiger partial charge in [0.1, 0.15) is 5.75 Å². The van der Waals surface area contributed by atoms with Crippen molar-refractivity contribution >= 4 is 16.1 Å². The molecule has 0 amide bonds. The first-order chi connectivity index (χ1) is 13.7. The maximum atomic E-state index is 12.4. The summed E-state index contributed by atoms with van der Waals surface area (Å²) in [4.78, 5) is 12.3. The molecule has 29 heavy (non-hydrogen) atoms. The van der Waals surface area contributed by atoms with Crippen molar-refractivity contribution in [3.8, 4) is 5.75 Å². The Kier molecular flexibility index (Phi) is 7.81. The first kappa shape index (κ1) is 22.9. The van der Waals surface area contributed by atoms with E-state index in [4.69, 9.17) is 13.7 Å². The van der Waals surface area contributed by atoms with E-state index in [1.165, 1.54) is 6.07 Å². The van der Waals surface area contributed by atoms with E-state index >= 15 is 0 Å². The molecule has 0 saturated heterocycles. The molecule has 0 bridgehead atoms. The fraction of sp³-hybridized carbons (Fsp3) is 0.409. The number of hydrogen-bond donors (Lipinski definition) is 0. The second kappa shape index (κ2) is 9.89. The molecule has 0 N–H and O–H groups in total. The lowest BCUT2D eigenvalue weighted by Crippen LogP contribution is -2.40. The molecule has 0 fully saturated rings. The zero-order chi connectivity index (χ0) is 21.5. The molecule has 0 heterocycles. The fourth-order valence-electron chi connectivity index (χ4n) is 2.76. The minimum atomic E-state index is -3.79. The average Bonchev–Trinajstić information content (AvgIpc) is 2.66. The van der Waals surface area contributed by atoms with E-state index in [0.717, 1.165) is 5.56 Å². The van der Waals surface area contributed by atoms with Crippen LogP contribution in [0.4, 0.5) is 0 Å². The van der Waals surface area contributed by atoms with Crippen LogP contribution in [-0.2, 0) is 30.3 Å². The molecule has 7 heteroatoms. The maximum Gasteiger partial charge on any atom is 0.349 e. The van der Waals surface area contributed by atoms with E-state index in [0.29, 0.717) is 24.2 Å². The lowest BCUT2D eigenvalue weighted by atomic mass is 10.1. The molecular formula is C22H28O6S. The Bertz CT molecular complexity index is 934. The molecule has 0 unspecified atom stereocenters. The molecule has 2 rings (SSSR count). The lowest BCUT2D eigenvalue weighted by Gasteiger charge is -2.25. The maximum absolute atomic E-state index is 12.4. The Morgan fingerprint density at radius 3 is 2.38 bits per heavy atom. The third-order valence-electron chi connectivity index (χ3n) is 4.30. The van der Waals surface area contributed by atoms with Crippen LogP contribution in [0, 0.1) is 6.92 Å². The van der Waals surface area contributed by atoms with E-state index in [2.05, 4.69) is 0 Å². The highest BCUT2D eigenvalue weighted by molar-refractivity contribution is 7.86. The van der Waals surface area contributed by atoms with E-state index in [1.54, 1.807) is 52.0 Å². The molecule has 0 atom stereocenters. The molecule has 0 aliphatic rings. The predicted molar refractivity (Wildman–Crippen MR) is 110 cm³/mol. The molecular weight excluding hydrogens is 392 g/mol. The SMILES string of the molecule is CCOC(=O)C(C)(C)Oc1ccccc1CCCOS(=O)(=O)c1ccccc1C. The van der Waals surface area contributed by atoms with Gasteiger partial charge in [-0.25, -0.2) is 4.79 Å². The first-order valence-electron chi connectivity index (χ1n) is 9.56. The van der Waals surface area contributed by atoms with Gasteiger partial charge < -0.3 is 9.47 Å². The molecule has 2 aromatic rings. The van der Waals surface area contributed by atoms with Crippen molar-refractivity contribution in [3.05, 3.63) is 59.7 Å². The number of ether oxygens (including phenoxy) is 2. The Morgan fingerprint density at radius 2 is 1.69 bits per heavy atom. The quantitative estimate of drug-likeness (QED) is 0.328. The van der Waals surface area contributed by atoms with Crippen molar-refractivity contribution in [1.82, 2.24) is 0 Å². The Labute approximate surface area is 172 Å². The lowest BCUT2D eigenvalue weighted by molar-refractivity contribution is -0.158. The van der Waals surface area contributed by atoms with Gasteiger partial charge in [-0.1, -0.05) is 36.4 Å². The zero-order valence-electron chi connectivity index (χ0n) is 17.3. The van der Waals surface area contributed by atoms with E-state index in [1.807, 2.05) is 18.2 Å². The average molecular weight is 421 g/mol. The standard InChI is InChI=1S/C22H28O6S/c1-5-26-21(23)22(3,4)28-19-14-8-7-12-18(19)13-10-16-27-29(24,25)20-15-9-6-11-17(20)2/h6-9,11-12,14-15H,5,10,13,16H2,1-4H3. The third-order valence-corrected chi connectivity index (χ3v) is 5.77. The van der Waals surface area contributed by atoms with Crippen LogP contribution in [0.15, 0.2) is 53.4 Å². The van der Waals surface area contributed by atoms with Crippen LogP contribution in [0.5, 0.6) is 5.75 Å². The van der Waals surface area contributed by atoms with Crippen molar-refractivity contribution in [2.24, 2.45) is 0 Å². The van der Waals surface area contributed by atoms with Gasteiger partial charge >= 0.3 is 5.97 Å². The Hall–Kier alpha value is -2.38. The van der Waals surface area contributed by atoms with Crippen molar-refractivity contribution in [1.29, 1.82) is 0 Å². The predicted octanol–water partition coefficient (Wildman–Crippen LogP) is 4.05. The van der Waals surface area contributed by atoms with Crippen molar-refractivity contribution < 1.29 is 26.9 Å². The first-order valence-corrected chi connectivity index (χ1v) is 11.0. The van der Waals surface area contributed by atoms with Crippen molar-refractivity contribution in [2.45, 2.75) is 51.0 Å². The van der Waals surface area contributed by atoms with Crippen LogP contribution in [0.25, 0.3) is 0 Å². The van der Waals surface area contributed by atoms with Crippen LogP contribution in [0.2, 0.25) is 0 Å². The summed E-state index contributed by atoms with van der Waals surface area (Å²) in [7, 11) is -3.79. The molecule has 2 aromatic carbocycles. The number of carbonyl (C=O) groups excluding carboxylic acids is 1. The topological polar surface area (TPSA) is 78.9 Å². The molecule has 0 radical (unpaired) electrons. The summed E-state index contributed by atoms with van der Waals surface area (Å²) in [6, 6.07) is 14.1. The van der Waals surface area contributed by atoms with Gasteiger partial charge in [0, 0.05) is 0 Å². The minimum absolute atomic E-state index is 0.0479. The number of hydrogen-bond acceptors (Lipinski definition) is 6. The van der Waals surface area contributed by atoms with Crippen LogP contribution >= 0.6 is 0 Å². The monoisotopic (exact) mass is 420 g/mol. The summed E-state index contributed by atoms with van der Waals surface area (Å²) in [5.41, 5.74) is 0.380. The molecule has 0 aliphatic heterocycles. The summed E-state index contributed by atoms with van der Waals surface area (Å²) < 4.78 is 40.9. The molecule has 0 aromatic heterocycles. The number of rotatable bonds is 10. The van der Waals surface area contributed by atoms with Gasteiger partial charge in [-0.2, -0.15) is 8.42 Å². The third kappa shape index (κ3) is 6.30. The molecule has 158 valence electrons. The molecule has 0 spiro atoms. The van der Waals surface area contributed by atoms with Gasteiger partial charge in [-0.3, -0.25) is 4.18 Å². The zero-order valence-corrected chi connectivity index (χ0v) is 18.1. The van der Waals surface area contributed by atoms with E-state index in [9.17, 15) is 13.2 Å². The second-order valence-electron chi connectivity index (χ2n) is 7.09. The molecule has 0 aliphatic carbocycles. The summed E-state index contributed by atoms with van der Waals surface area (Å²) >= 11 is 0. The highest BCUT2D eigenvalue weighted by atomic mass is 32.2. The van der Waals surface area contributed by atoms with Crippen molar-refractivity contribution in [2.75, 3.05) is 13.2 Å². The van der Waals surface area contributed by atoms with Gasteiger partial charge in [0.05, 0.1) is 18.1 Å². The van der Waals surface area contributed by atoms with Gasteiger partial charge in [0.15, 0.2) is 5.60 Å². The van der Waals surface area contributed by atoms with Gasteiger partial charge in [-0.15, -0.1) is 0 Å². The summed E-state index contributed by atoms with van der Waals surface area (Å²) in [6.07, 6.45) is 1.02. The molecule has 0 saturated carbocycles. The second-order valence-corrected chi connectivity index (χ2v) is 8.67. The molecule has 6 nitrogen and oxygen atoms in total. The van der Waals surface area contributed by atoms with Gasteiger partial charge in [0.25, 0.3) is 10.1 Å². The highest BCUT2D eigenvalue weighted by Gasteiger charge is 2.32. The van der Waals surface area contributed by atoms with Gasteiger partial charge in [0.2, 0.25) is 0 Å². The van der Waals surface area contributed by atoms with Crippen molar-refractivity contribution in [3.63, 3.8) is 0 Å². The van der Waals surface area contributed by atoms with Crippen LogP contribution < -0.4 is 4.74 Å². The van der Waals surface area contributed by atoms with Crippen LogP contribution in [0.3, 0.4) is 0 Å². The highest BCUT2D eigenvalue weighted by Crippen LogP contribution is 2.25. The Balaban J connectivity index is 1.98. The summed E-state index contributed by atoms with van der Waals surface area (Å²) in [5.74, 6) is 0.120. The number of benzene rings is 2. The van der Waals surface area contributed by atoms with Crippen LogP contribution in [-0.4, -0.2) is 33.2 Å². The fourth-order valence-corrected chi connectivity index (χ4v) is 3.93. The number of para-hydroxylation sites is 1. The van der Waals surface area contributed by atoms with Gasteiger partial charge in [-0.05, 0) is 63.8 Å². The normalized spacial score (nSPS) is 11.9. The minimum Gasteiger partial charge on any atom is -0.476 e. The summed E-state index contributed by atoms with van der Waals surface area (Å²) in [5, 5.41) is 0. The smallest absolute Gasteiger partial charge is 0.349 e. The largest absolute Gasteiger partial charge is 0.476 e. The summed E-state index contributed by atoms with van der Waals surface area (Å²) in [6.45, 7) is 7.10. The number of carbonyl (C=O) groups is 1. The van der Waals surface area contributed by atoms with Crippen LogP contribution in [0.1, 0.15) is 38.3 Å². The Morgan fingerprint density at radius 1 is 1.03 bits per heavy atom. The van der Waals surface area contributed by atoms with E-state index < -0.39 is 21.7 Å². The number of esters is 1. The van der Waals surface area contributed by atoms with E-state index in [-0.39, 0.29) is 18.1 Å². The number of aryl methyl sites for hydroxylation is 2.